The van der Waals surface area contributed by atoms with E-state index in [-0.39, 0.29) is 0 Å². The fourth-order valence-corrected chi connectivity index (χ4v) is 8.06. The average molecular weight is 981 g/mol. The lowest BCUT2D eigenvalue weighted by Crippen LogP contribution is -1.84. The first-order chi connectivity index (χ1) is 35.7. The third kappa shape index (κ3) is 13.3. The molecule has 0 aromatic carbocycles. The number of hydrogen-bond acceptors (Lipinski definition) is 12. The van der Waals surface area contributed by atoms with Gasteiger partial charge in [-0.3, -0.25) is 4.40 Å². The number of thiophene rings is 2. The van der Waals surface area contributed by atoms with Crippen LogP contribution in [0.5, 0.6) is 0 Å². The van der Waals surface area contributed by atoms with E-state index < -0.39 is 0 Å². The molecule has 0 fully saturated rings. The van der Waals surface area contributed by atoms with Gasteiger partial charge in [0, 0.05) is 104 Å². The van der Waals surface area contributed by atoms with Crippen molar-refractivity contribution in [2.24, 2.45) is 0 Å². The predicted molar refractivity (Wildman–Crippen MR) is 286 cm³/mol. The molecule has 0 aliphatic carbocycles. The van der Waals surface area contributed by atoms with Crippen molar-refractivity contribution >= 4 is 76.5 Å². The first-order valence-corrected chi connectivity index (χ1v) is 24.0. The summed E-state index contributed by atoms with van der Waals surface area (Å²) in [5, 5.41) is 13.2. The second-order valence-electron chi connectivity index (χ2n) is 14.8. The Morgan fingerprint density at radius 2 is 0.972 bits per heavy atom. The van der Waals surface area contributed by atoms with Gasteiger partial charge in [-0.15, -0.1) is 22.7 Å². The first-order valence-electron chi connectivity index (χ1n) is 22.3. The van der Waals surface area contributed by atoms with E-state index >= 15 is 0 Å². The van der Waals surface area contributed by atoms with Gasteiger partial charge in [-0.2, -0.15) is 10.2 Å². The molecule has 16 rings (SSSR count). The largest absolute Gasteiger partial charge is 0.324 e. The van der Waals surface area contributed by atoms with E-state index in [2.05, 4.69) is 66.6 Å². The van der Waals surface area contributed by atoms with Crippen LogP contribution in [0.25, 0.3) is 53.8 Å². The molecule has 0 bridgehead atoms. The van der Waals surface area contributed by atoms with Crippen molar-refractivity contribution in [3.05, 3.63) is 269 Å². The van der Waals surface area contributed by atoms with E-state index in [0.29, 0.717) is 0 Å². The van der Waals surface area contributed by atoms with Gasteiger partial charge in [0.25, 0.3) is 0 Å². The Balaban J connectivity index is 0.000000102. The van der Waals surface area contributed by atoms with Crippen molar-refractivity contribution in [3.63, 3.8) is 0 Å². The highest BCUT2D eigenvalue weighted by Crippen LogP contribution is 2.16. The molecule has 0 atom stereocenters. The number of pyridine rings is 4. The third-order valence-electron chi connectivity index (χ3n) is 10.1. The summed E-state index contributed by atoms with van der Waals surface area (Å²) in [6.07, 6.45) is 36.6. The van der Waals surface area contributed by atoms with Crippen molar-refractivity contribution in [1.82, 2.24) is 76.7 Å². The number of hydrogen-bond donors (Lipinski definition) is 0. The second-order valence-corrected chi connectivity index (χ2v) is 16.7. The maximum atomic E-state index is 4.08. The lowest BCUT2D eigenvalue weighted by Gasteiger charge is -1.88. The van der Waals surface area contributed by atoms with Crippen LogP contribution in [0.15, 0.2) is 269 Å². The zero-order chi connectivity index (χ0) is 48.8. The monoisotopic (exact) mass is 980 g/mol. The predicted octanol–water partition coefficient (Wildman–Crippen LogP) is 11.4. The molecular weight excluding hydrogens is 937 g/mol. The zero-order valence-electron chi connectivity index (χ0n) is 38.4. The highest BCUT2D eigenvalue weighted by Gasteiger charge is 1.93. The number of imidazole rings is 3. The Labute approximate surface area is 419 Å². The minimum atomic E-state index is 0.935. The lowest BCUT2D eigenvalue weighted by atomic mass is 10.4. The van der Waals surface area contributed by atoms with Gasteiger partial charge in [-0.25, -0.2) is 48.9 Å². The van der Waals surface area contributed by atoms with Crippen LogP contribution < -0.4 is 0 Å². The molecule has 18 heteroatoms. The third-order valence-corrected chi connectivity index (χ3v) is 11.8. The Kier molecular flexibility index (Phi) is 16.4. The molecule has 0 amide bonds. The maximum Gasteiger partial charge on any atom is 0.139 e. The molecule has 352 valence electrons. The fourth-order valence-electron chi connectivity index (χ4n) is 6.65. The number of rotatable bonds is 0. The standard InChI is InChI=1S/C8H7N.4C7H6N2.C6H5N3.2C6H4N2S/c1-2-6-9-7-3-5-8(9)4-1;1-3-7-4-2-6-9(7)8-5-1;1-2-6-9-7(3-1)4-5-8-9;1-2-5-9-6-4-8-7(9)3-1;1-2-4-9-6-8-5-7(9)3-1;1-2-7-5-9-4-3-8-6(1)9;1-2-9-6-3-7-4-8-5(1)6;1-2-9-6-5(1)3-7-4-8-6/h1-7H;4*1-6H;1-5H;2*1-4H. The Hall–Kier alpha value is -9.78. The molecule has 16 aromatic rings. The van der Waals surface area contributed by atoms with Crippen molar-refractivity contribution in [1.29, 1.82) is 0 Å². The Morgan fingerprint density at radius 1 is 0.347 bits per heavy atom. The van der Waals surface area contributed by atoms with Gasteiger partial charge in [0.2, 0.25) is 0 Å². The molecule has 0 aliphatic rings. The van der Waals surface area contributed by atoms with Gasteiger partial charge in [0.15, 0.2) is 0 Å². The minimum absolute atomic E-state index is 0.935. The van der Waals surface area contributed by atoms with E-state index in [1.54, 1.807) is 79.0 Å². The average Bonchev–Trinajstić information content (AvgIpc) is 4.31. The summed E-state index contributed by atoms with van der Waals surface area (Å²) in [6, 6.07) is 43.9. The van der Waals surface area contributed by atoms with E-state index in [4.69, 9.17) is 0 Å². The van der Waals surface area contributed by atoms with Gasteiger partial charge < -0.3 is 13.2 Å². The molecular formula is C54H44N16S2. The smallest absolute Gasteiger partial charge is 0.139 e. The van der Waals surface area contributed by atoms with Crippen LogP contribution in [0, 0.1) is 0 Å². The number of aromatic nitrogens is 16. The second kappa shape index (κ2) is 25.0. The molecule has 16 nitrogen and oxygen atoms in total. The highest BCUT2D eigenvalue weighted by molar-refractivity contribution is 7.17. The van der Waals surface area contributed by atoms with E-state index in [0.717, 1.165) is 48.3 Å². The quantitative estimate of drug-likeness (QED) is 0.143. The molecule has 0 saturated heterocycles. The molecule has 0 radical (unpaired) electrons. The number of fused-ring (bicyclic) bond motifs is 8. The van der Waals surface area contributed by atoms with Gasteiger partial charge in [0.1, 0.15) is 35.1 Å². The van der Waals surface area contributed by atoms with Gasteiger partial charge in [-0.1, -0.05) is 24.3 Å². The van der Waals surface area contributed by atoms with Crippen molar-refractivity contribution in [2.75, 3.05) is 0 Å². The summed E-state index contributed by atoms with van der Waals surface area (Å²) in [4.78, 5) is 32.9. The molecule has 16 heterocycles. The van der Waals surface area contributed by atoms with E-state index in [9.17, 15) is 0 Å². The molecule has 0 aliphatic heterocycles. The van der Waals surface area contributed by atoms with Crippen LogP contribution >= 0.6 is 22.7 Å². The summed E-state index contributed by atoms with van der Waals surface area (Å²) in [7, 11) is 0. The summed E-state index contributed by atoms with van der Waals surface area (Å²) in [5.41, 5.74) is 7.63. The molecule has 72 heavy (non-hydrogen) atoms. The highest BCUT2D eigenvalue weighted by atomic mass is 32.1. The van der Waals surface area contributed by atoms with Crippen LogP contribution in [-0.2, 0) is 0 Å². The topological polar surface area (TPSA) is 155 Å². The summed E-state index contributed by atoms with van der Waals surface area (Å²) < 4.78 is 12.7. The summed E-state index contributed by atoms with van der Waals surface area (Å²) in [6.45, 7) is 0. The summed E-state index contributed by atoms with van der Waals surface area (Å²) in [5.74, 6) is 0. The van der Waals surface area contributed by atoms with E-state index in [1.165, 1.54) is 5.52 Å². The first kappa shape index (κ1) is 47.3. The molecule has 0 N–H and O–H groups in total. The Morgan fingerprint density at radius 3 is 1.78 bits per heavy atom. The van der Waals surface area contributed by atoms with E-state index in [1.807, 2.05) is 222 Å². The lowest BCUT2D eigenvalue weighted by molar-refractivity contribution is 0.941. The van der Waals surface area contributed by atoms with Gasteiger partial charge >= 0.3 is 0 Å². The zero-order valence-corrected chi connectivity index (χ0v) is 40.0. The fraction of sp³-hybridized carbons (Fsp3) is 0. The van der Waals surface area contributed by atoms with Crippen LogP contribution in [0.3, 0.4) is 0 Å². The number of nitrogens with zero attached hydrogens (tertiary/aromatic N) is 16. The molecule has 0 spiro atoms. The molecule has 0 unspecified atom stereocenters. The van der Waals surface area contributed by atoms with Crippen molar-refractivity contribution < 1.29 is 0 Å². The maximum absolute atomic E-state index is 4.08. The van der Waals surface area contributed by atoms with Crippen LogP contribution in [0.2, 0.25) is 0 Å². The molecule has 0 saturated carbocycles. The normalized spacial score (nSPS) is 10.2. The minimum Gasteiger partial charge on any atom is -0.324 e. The molecule has 16 aromatic heterocycles. The van der Waals surface area contributed by atoms with Crippen molar-refractivity contribution in [2.45, 2.75) is 0 Å². The Bertz CT molecular complexity index is 3050. The van der Waals surface area contributed by atoms with Gasteiger partial charge in [0.05, 0.1) is 39.3 Å². The van der Waals surface area contributed by atoms with Crippen LogP contribution in [-0.4, -0.2) is 76.7 Å². The summed E-state index contributed by atoms with van der Waals surface area (Å²) >= 11 is 3.30. The van der Waals surface area contributed by atoms with Gasteiger partial charge in [-0.05, 0) is 120 Å². The van der Waals surface area contributed by atoms with Crippen LogP contribution in [0.1, 0.15) is 0 Å². The van der Waals surface area contributed by atoms with Crippen LogP contribution in [0.4, 0.5) is 0 Å². The SMILES string of the molecule is c1cc2nccn2cn1.c1ccn2cccc2c1.c1ccn2ccnc2c1.c1ccn2cncc2c1.c1ccn2nccc2c1.c1cnn2cccc2c1.c1ncc2ccsc2n1.c1ncc2sccc2n1. The van der Waals surface area contributed by atoms with Crippen molar-refractivity contribution in [3.8, 4) is 0 Å².